The molecule has 0 atom stereocenters. The van der Waals surface area contributed by atoms with E-state index in [4.69, 9.17) is 4.99 Å². The van der Waals surface area contributed by atoms with Crippen LogP contribution in [0.15, 0.2) is 181 Å². The van der Waals surface area contributed by atoms with Crippen molar-refractivity contribution < 1.29 is 9.13 Å². The largest absolute Gasteiger partial charge is 0.293 e. The first kappa shape index (κ1) is 41.9. The van der Waals surface area contributed by atoms with Gasteiger partial charge in [-0.3, -0.25) is 4.99 Å². The number of nitrogens with zero attached hydrogens (tertiary/aromatic N) is 3. The number of unbranched alkanes of at least 4 members (excludes halogenated alkanes) is 6. The molecular formula is C55H63N3+2. The second-order valence-corrected chi connectivity index (χ2v) is 15.5. The SMILES string of the molecule is C/C=C\C=C(/C=NCCCCCc1cc(CCCCC[n+]2cccc(-c3ccccc3)c2)cc(CCCCC[n+]2cccc(-c3ccccc3)c2)c1)c1ccccc1. The molecule has 4 aromatic carbocycles. The van der Waals surface area contributed by atoms with Crippen molar-refractivity contribution in [3.63, 3.8) is 0 Å². The molecule has 0 unspecified atom stereocenters. The number of rotatable bonds is 23. The van der Waals surface area contributed by atoms with E-state index in [1.54, 1.807) is 0 Å². The zero-order valence-electron chi connectivity index (χ0n) is 34.8. The third kappa shape index (κ3) is 14.4. The van der Waals surface area contributed by atoms with Crippen molar-refractivity contribution in [3.8, 4) is 22.3 Å². The van der Waals surface area contributed by atoms with Crippen LogP contribution in [-0.4, -0.2) is 12.8 Å². The molecule has 2 heterocycles. The van der Waals surface area contributed by atoms with E-state index < -0.39 is 0 Å². The van der Waals surface area contributed by atoms with Crippen LogP contribution in [0.2, 0.25) is 0 Å². The molecule has 2 aromatic heterocycles. The molecule has 6 aromatic rings. The second kappa shape index (κ2) is 24.2. The average molecular weight is 766 g/mol. The summed E-state index contributed by atoms with van der Waals surface area (Å²) in [5, 5.41) is 0. The molecule has 6 rings (SSSR count). The van der Waals surface area contributed by atoms with Gasteiger partial charge in [-0.05, 0) is 116 Å². The molecule has 0 aliphatic carbocycles. The Hall–Kier alpha value is -5.67. The van der Waals surface area contributed by atoms with E-state index in [1.807, 2.05) is 6.21 Å². The van der Waals surface area contributed by atoms with Gasteiger partial charge < -0.3 is 0 Å². The molecule has 0 saturated heterocycles. The summed E-state index contributed by atoms with van der Waals surface area (Å²) < 4.78 is 4.71. The van der Waals surface area contributed by atoms with Crippen LogP contribution >= 0.6 is 0 Å². The molecule has 58 heavy (non-hydrogen) atoms. The van der Waals surface area contributed by atoms with Crippen LogP contribution in [0.3, 0.4) is 0 Å². The van der Waals surface area contributed by atoms with Crippen LogP contribution in [0.1, 0.15) is 87.0 Å². The van der Waals surface area contributed by atoms with Crippen molar-refractivity contribution >= 4 is 11.8 Å². The van der Waals surface area contributed by atoms with Gasteiger partial charge in [0.25, 0.3) is 0 Å². The summed E-state index contributed by atoms with van der Waals surface area (Å²) in [4.78, 5) is 4.82. The van der Waals surface area contributed by atoms with Crippen molar-refractivity contribution in [2.75, 3.05) is 6.54 Å². The molecule has 3 nitrogen and oxygen atoms in total. The first-order valence-electron chi connectivity index (χ1n) is 21.8. The molecule has 0 amide bonds. The highest BCUT2D eigenvalue weighted by molar-refractivity contribution is 6.10. The highest BCUT2D eigenvalue weighted by atomic mass is 14.9. The number of aliphatic imine (C=N–C) groups is 1. The van der Waals surface area contributed by atoms with Crippen LogP contribution in [0, 0.1) is 0 Å². The molecule has 0 spiro atoms. The summed E-state index contributed by atoms with van der Waals surface area (Å²) in [6.45, 7) is 5.04. The highest BCUT2D eigenvalue weighted by Gasteiger charge is 2.08. The van der Waals surface area contributed by atoms with Crippen LogP contribution < -0.4 is 9.13 Å². The van der Waals surface area contributed by atoms with Gasteiger partial charge in [-0.2, -0.15) is 0 Å². The van der Waals surface area contributed by atoms with Gasteiger partial charge >= 0.3 is 0 Å². The Morgan fingerprint density at radius 2 is 0.931 bits per heavy atom. The summed E-state index contributed by atoms with van der Waals surface area (Å²) in [7, 11) is 0. The molecular weight excluding hydrogens is 703 g/mol. The van der Waals surface area contributed by atoms with Crippen molar-refractivity contribution in [3.05, 3.63) is 199 Å². The van der Waals surface area contributed by atoms with Crippen molar-refractivity contribution in [2.24, 2.45) is 4.99 Å². The van der Waals surface area contributed by atoms with E-state index in [0.717, 1.165) is 50.9 Å². The van der Waals surface area contributed by atoms with Gasteiger partial charge in [0, 0.05) is 48.9 Å². The highest BCUT2D eigenvalue weighted by Crippen LogP contribution is 2.20. The molecule has 0 bridgehead atoms. The van der Waals surface area contributed by atoms with E-state index in [0.29, 0.717) is 0 Å². The van der Waals surface area contributed by atoms with Gasteiger partial charge in [-0.1, -0.05) is 134 Å². The van der Waals surface area contributed by atoms with Gasteiger partial charge in [0.2, 0.25) is 0 Å². The summed E-state index contributed by atoms with van der Waals surface area (Å²) in [5.74, 6) is 0. The maximum atomic E-state index is 4.82. The molecule has 296 valence electrons. The van der Waals surface area contributed by atoms with Gasteiger partial charge in [0.1, 0.15) is 13.1 Å². The summed E-state index contributed by atoms with van der Waals surface area (Å²) in [6, 6.07) is 48.2. The molecule has 3 heteroatoms. The second-order valence-electron chi connectivity index (χ2n) is 15.5. The van der Waals surface area contributed by atoms with E-state index in [1.165, 1.54) is 95.9 Å². The predicted molar refractivity (Wildman–Crippen MR) is 246 cm³/mol. The van der Waals surface area contributed by atoms with Crippen LogP contribution in [0.5, 0.6) is 0 Å². The Morgan fingerprint density at radius 1 is 0.483 bits per heavy atom. The number of hydrogen-bond donors (Lipinski definition) is 0. The Balaban J connectivity index is 0.987. The number of pyridine rings is 2. The molecule has 0 saturated carbocycles. The van der Waals surface area contributed by atoms with E-state index in [2.05, 4.69) is 193 Å². The van der Waals surface area contributed by atoms with Crippen LogP contribution in [0.25, 0.3) is 27.8 Å². The zero-order valence-corrected chi connectivity index (χ0v) is 34.8. The quantitative estimate of drug-likeness (QED) is 0.0268. The molecule has 0 fully saturated rings. The number of benzene rings is 4. The first-order valence-corrected chi connectivity index (χ1v) is 21.8. The molecule has 0 aliphatic heterocycles. The van der Waals surface area contributed by atoms with E-state index in [-0.39, 0.29) is 0 Å². The lowest BCUT2D eigenvalue weighted by Crippen LogP contribution is -2.32. The minimum absolute atomic E-state index is 0.870. The van der Waals surface area contributed by atoms with Crippen molar-refractivity contribution in [1.29, 1.82) is 0 Å². The average Bonchev–Trinajstić information content (AvgIpc) is 3.28. The van der Waals surface area contributed by atoms with Gasteiger partial charge in [0.05, 0.1) is 0 Å². The van der Waals surface area contributed by atoms with Crippen molar-refractivity contribution in [1.82, 2.24) is 0 Å². The van der Waals surface area contributed by atoms with E-state index >= 15 is 0 Å². The smallest absolute Gasteiger partial charge is 0.176 e. The fourth-order valence-electron chi connectivity index (χ4n) is 7.71. The summed E-state index contributed by atoms with van der Waals surface area (Å²) >= 11 is 0. The van der Waals surface area contributed by atoms with Gasteiger partial charge in [0.15, 0.2) is 24.8 Å². The standard InChI is InChI=1S/C55H63N3/c1-2-3-27-53(50-28-13-4-14-29-50)44-56-36-19-7-10-24-47-41-48(25-11-8-20-37-57-39-22-34-54(45-57)51-30-15-5-16-31-51)43-49(42-47)26-12-9-21-38-58-40-23-35-55(46-58)52-32-17-6-18-33-52/h2-6,13-18,22-23,27-35,39-46H,7-12,19-21,24-26,36-38H2,1H3/q+2/b3-2-,53-27+,56-44?. The first-order chi connectivity index (χ1) is 28.7. The van der Waals surface area contributed by atoms with Crippen molar-refractivity contribution in [2.45, 2.75) is 97.1 Å². The topological polar surface area (TPSA) is 20.1 Å². The third-order valence-electron chi connectivity index (χ3n) is 10.9. The summed E-state index contributed by atoms with van der Waals surface area (Å²) in [6.07, 6.45) is 31.7. The lowest BCUT2D eigenvalue weighted by molar-refractivity contribution is -0.697. The maximum Gasteiger partial charge on any atom is 0.176 e. The zero-order chi connectivity index (χ0) is 39.9. The Labute approximate surface area is 349 Å². The maximum absolute atomic E-state index is 4.82. The van der Waals surface area contributed by atoms with E-state index in [9.17, 15) is 0 Å². The number of allylic oxidation sites excluding steroid dienone is 4. The van der Waals surface area contributed by atoms with Gasteiger partial charge in [-0.25, -0.2) is 9.13 Å². The number of aromatic nitrogens is 2. The molecule has 0 aliphatic rings. The van der Waals surface area contributed by atoms with Gasteiger partial charge in [-0.15, -0.1) is 0 Å². The Bertz CT molecular complexity index is 2060. The number of aryl methyl sites for hydroxylation is 5. The number of hydrogen-bond acceptors (Lipinski definition) is 1. The predicted octanol–water partition coefficient (Wildman–Crippen LogP) is 12.9. The Kier molecular flexibility index (Phi) is 17.5. The minimum Gasteiger partial charge on any atom is -0.293 e. The fourth-order valence-corrected chi connectivity index (χ4v) is 7.71. The molecule has 0 radical (unpaired) electrons. The lowest BCUT2D eigenvalue weighted by atomic mass is 9.95. The molecule has 0 N–H and O–H groups in total. The van der Waals surface area contributed by atoms with Crippen LogP contribution in [0.4, 0.5) is 0 Å². The minimum atomic E-state index is 0.870. The Morgan fingerprint density at radius 3 is 1.41 bits per heavy atom. The summed E-state index contributed by atoms with van der Waals surface area (Å²) in [5.41, 5.74) is 12.0. The lowest BCUT2D eigenvalue weighted by Gasteiger charge is -2.11. The van der Waals surface area contributed by atoms with Crippen LogP contribution in [-0.2, 0) is 32.4 Å². The third-order valence-corrected chi connectivity index (χ3v) is 10.9. The fraction of sp³-hybridized carbons (Fsp3) is 0.291. The normalized spacial score (nSPS) is 11.8. The monoisotopic (exact) mass is 766 g/mol.